The molecule has 1 aliphatic heterocycles. The maximum Gasteiger partial charge on any atom is 0.408 e. The molecule has 2 aromatic rings. The minimum Gasteiger partial charge on any atom is -0.445 e. The molecule has 1 fully saturated rings. The van der Waals surface area contributed by atoms with Crippen molar-refractivity contribution < 1.29 is 23.9 Å². The van der Waals surface area contributed by atoms with E-state index in [1.807, 2.05) is 93.6 Å². The minimum atomic E-state index is -0.914. The van der Waals surface area contributed by atoms with Gasteiger partial charge in [-0.15, -0.1) is 0 Å². The highest BCUT2D eigenvalue weighted by Gasteiger charge is 2.31. The van der Waals surface area contributed by atoms with Crippen molar-refractivity contribution in [1.29, 1.82) is 0 Å². The Morgan fingerprint density at radius 3 is 2.17 bits per heavy atom. The first-order valence-electron chi connectivity index (χ1n) is 13.8. The van der Waals surface area contributed by atoms with Gasteiger partial charge in [0.25, 0.3) is 0 Å². The van der Waals surface area contributed by atoms with E-state index >= 15 is 0 Å². The van der Waals surface area contributed by atoms with Crippen LogP contribution in [0.4, 0.5) is 4.79 Å². The molecule has 0 bridgehead atoms. The second kappa shape index (κ2) is 15.5. The van der Waals surface area contributed by atoms with Crippen LogP contribution >= 0.6 is 0 Å². The second-order valence-electron chi connectivity index (χ2n) is 10.3. The Balaban J connectivity index is 1.69. The van der Waals surface area contributed by atoms with E-state index in [4.69, 9.17) is 4.74 Å². The zero-order chi connectivity index (χ0) is 28.9. The monoisotopic (exact) mass is 548 g/mol. The van der Waals surface area contributed by atoms with Crippen molar-refractivity contribution in [3.8, 4) is 0 Å². The largest absolute Gasteiger partial charge is 0.445 e. The number of allylic oxidation sites excluding steroid dienone is 1. The SMILES string of the molecule is C/C=C/C(CC1CCNC1=O)NC(=O)C(Cc1ccccc1)NC(=O)C(NC(=O)OCc1ccccc1)C(C)C. The molecule has 4 unspecified atom stereocenters. The Bertz CT molecular complexity index is 1150. The quantitative estimate of drug-likeness (QED) is 0.286. The summed E-state index contributed by atoms with van der Waals surface area (Å²) in [5, 5.41) is 11.3. The molecule has 2 aromatic carbocycles. The highest BCUT2D eigenvalue weighted by Crippen LogP contribution is 2.17. The molecule has 9 nitrogen and oxygen atoms in total. The van der Waals surface area contributed by atoms with Crippen LogP contribution in [-0.2, 0) is 32.1 Å². The number of hydrogen-bond acceptors (Lipinski definition) is 5. The van der Waals surface area contributed by atoms with Crippen LogP contribution in [0, 0.1) is 11.8 Å². The van der Waals surface area contributed by atoms with E-state index in [9.17, 15) is 19.2 Å². The summed E-state index contributed by atoms with van der Waals surface area (Å²) >= 11 is 0. The molecule has 1 aliphatic rings. The number of rotatable bonds is 13. The molecule has 40 heavy (non-hydrogen) atoms. The van der Waals surface area contributed by atoms with Crippen LogP contribution in [0.15, 0.2) is 72.8 Å². The zero-order valence-corrected chi connectivity index (χ0v) is 23.4. The molecule has 3 rings (SSSR count). The molecule has 0 aliphatic carbocycles. The van der Waals surface area contributed by atoms with Crippen molar-refractivity contribution in [3.63, 3.8) is 0 Å². The van der Waals surface area contributed by atoms with Crippen LogP contribution in [0.3, 0.4) is 0 Å². The van der Waals surface area contributed by atoms with Crippen molar-refractivity contribution in [2.24, 2.45) is 11.8 Å². The third-order valence-electron chi connectivity index (χ3n) is 6.80. The second-order valence-corrected chi connectivity index (χ2v) is 10.3. The van der Waals surface area contributed by atoms with Gasteiger partial charge < -0.3 is 26.0 Å². The van der Waals surface area contributed by atoms with Gasteiger partial charge in [0, 0.05) is 24.9 Å². The summed E-state index contributed by atoms with van der Waals surface area (Å²) in [5.41, 5.74) is 1.70. The first kappa shape index (κ1) is 30.4. The lowest BCUT2D eigenvalue weighted by molar-refractivity contribution is -0.131. The molecular formula is C31H40N4O5. The molecule has 0 radical (unpaired) electrons. The first-order valence-corrected chi connectivity index (χ1v) is 13.8. The van der Waals surface area contributed by atoms with E-state index in [-0.39, 0.29) is 42.7 Å². The third kappa shape index (κ3) is 9.55. The fourth-order valence-electron chi connectivity index (χ4n) is 4.62. The molecule has 0 saturated carbocycles. The number of carbonyl (C=O) groups excluding carboxylic acids is 4. The van der Waals surface area contributed by atoms with Gasteiger partial charge in [0.2, 0.25) is 17.7 Å². The van der Waals surface area contributed by atoms with Gasteiger partial charge in [0.15, 0.2) is 0 Å². The average Bonchev–Trinajstić information content (AvgIpc) is 3.35. The summed E-state index contributed by atoms with van der Waals surface area (Å²) < 4.78 is 5.31. The van der Waals surface area contributed by atoms with E-state index in [1.165, 1.54) is 0 Å². The molecule has 214 valence electrons. The number of benzene rings is 2. The fraction of sp³-hybridized carbons (Fsp3) is 0.419. The van der Waals surface area contributed by atoms with Crippen LogP contribution in [-0.4, -0.2) is 48.5 Å². The summed E-state index contributed by atoms with van der Waals surface area (Å²) in [4.78, 5) is 51.6. The Kier molecular flexibility index (Phi) is 11.7. The lowest BCUT2D eigenvalue weighted by Gasteiger charge is -2.26. The first-order chi connectivity index (χ1) is 19.3. The van der Waals surface area contributed by atoms with Crippen LogP contribution in [0.1, 0.15) is 44.7 Å². The molecule has 0 spiro atoms. The highest BCUT2D eigenvalue weighted by atomic mass is 16.5. The van der Waals surface area contributed by atoms with E-state index < -0.39 is 24.1 Å². The van der Waals surface area contributed by atoms with E-state index in [0.29, 0.717) is 13.0 Å². The summed E-state index contributed by atoms with van der Waals surface area (Å²) in [7, 11) is 0. The van der Waals surface area contributed by atoms with Gasteiger partial charge in [-0.3, -0.25) is 14.4 Å². The van der Waals surface area contributed by atoms with Gasteiger partial charge in [-0.25, -0.2) is 4.79 Å². The predicted octanol–water partition coefficient (Wildman–Crippen LogP) is 3.25. The normalized spacial score (nSPS) is 17.1. The van der Waals surface area contributed by atoms with Gasteiger partial charge >= 0.3 is 6.09 Å². The molecule has 4 atom stereocenters. The topological polar surface area (TPSA) is 126 Å². The lowest BCUT2D eigenvalue weighted by atomic mass is 9.97. The van der Waals surface area contributed by atoms with Crippen molar-refractivity contribution in [2.45, 2.75) is 64.8 Å². The standard InChI is InChI=1S/C31H40N4O5/c1-4-11-25(19-24-16-17-32-28(24)36)33-29(37)26(18-22-12-7-5-8-13-22)34-30(38)27(21(2)3)35-31(39)40-20-23-14-9-6-10-15-23/h4-15,21,24-27H,16-20H2,1-3H3,(H,32,36)(H,33,37)(H,34,38)(H,35,39)/b11-4+. The van der Waals surface area contributed by atoms with Crippen molar-refractivity contribution >= 4 is 23.8 Å². The number of ether oxygens (including phenoxy) is 1. The van der Waals surface area contributed by atoms with E-state index in [2.05, 4.69) is 21.3 Å². The predicted molar refractivity (Wildman–Crippen MR) is 153 cm³/mol. The summed E-state index contributed by atoms with van der Waals surface area (Å²) in [6.45, 7) is 6.17. The highest BCUT2D eigenvalue weighted by molar-refractivity contribution is 5.92. The number of nitrogens with one attached hydrogen (secondary N) is 4. The molecular weight excluding hydrogens is 508 g/mol. The lowest BCUT2D eigenvalue weighted by Crippen LogP contribution is -2.57. The van der Waals surface area contributed by atoms with Crippen LogP contribution < -0.4 is 21.3 Å². The van der Waals surface area contributed by atoms with Crippen LogP contribution in [0.25, 0.3) is 0 Å². The van der Waals surface area contributed by atoms with Gasteiger partial charge in [0.05, 0.1) is 0 Å². The van der Waals surface area contributed by atoms with Gasteiger partial charge in [-0.1, -0.05) is 86.7 Å². The molecule has 4 N–H and O–H groups in total. The Morgan fingerprint density at radius 1 is 0.950 bits per heavy atom. The smallest absolute Gasteiger partial charge is 0.408 e. The summed E-state index contributed by atoms with van der Waals surface area (Å²) in [6, 6.07) is 16.5. The van der Waals surface area contributed by atoms with Crippen LogP contribution in [0.5, 0.6) is 0 Å². The van der Waals surface area contributed by atoms with Crippen molar-refractivity contribution in [3.05, 3.63) is 83.9 Å². The summed E-state index contributed by atoms with van der Waals surface area (Å²) in [6.07, 6.45) is 4.42. The van der Waals surface area contributed by atoms with E-state index in [1.54, 1.807) is 0 Å². The molecule has 1 saturated heterocycles. The third-order valence-corrected chi connectivity index (χ3v) is 6.80. The number of alkyl carbamates (subject to hydrolysis) is 1. The number of amides is 4. The fourth-order valence-corrected chi connectivity index (χ4v) is 4.62. The number of hydrogen-bond donors (Lipinski definition) is 4. The Labute approximate surface area is 236 Å². The van der Waals surface area contributed by atoms with Gasteiger partial charge in [0.1, 0.15) is 18.7 Å². The molecule has 4 amide bonds. The van der Waals surface area contributed by atoms with Crippen molar-refractivity contribution in [1.82, 2.24) is 21.3 Å². The Morgan fingerprint density at radius 2 is 1.60 bits per heavy atom. The Hall–Kier alpha value is -4.14. The summed E-state index contributed by atoms with van der Waals surface area (Å²) in [5.74, 6) is -1.31. The van der Waals surface area contributed by atoms with Gasteiger partial charge in [-0.05, 0) is 36.8 Å². The maximum absolute atomic E-state index is 13.5. The minimum absolute atomic E-state index is 0.0112. The number of carbonyl (C=O) groups is 4. The maximum atomic E-state index is 13.5. The van der Waals surface area contributed by atoms with Gasteiger partial charge in [-0.2, -0.15) is 0 Å². The molecule has 0 aromatic heterocycles. The average molecular weight is 549 g/mol. The van der Waals surface area contributed by atoms with Crippen molar-refractivity contribution in [2.75, 3.05) is 6.54 Å². The molecule has 1 heterocycles. The molecule has 9 heteroatoms. The van der Waals surface area contributed by atoms with Crippen LogP contribution in [0.2, 0.25) is 0 Å². The van der Waals surface area contributed by atoms with E-state index in [0.717, 1.165) is 17.5 Å². The zero-order valence-electron chi connectivity index (χ0n) is 23.4.